The first-order valence-electron chi connectivity index (χ1n) is 7.71. The SMILES string of the molecule is O=C1COC(=O)N1CCc1ccc(-n2ccc3cccnc32)cc1. The molecular formula is C18H15N3O3. The molecule has 1 fully saturated rings. The number of ether oxygens (including phenoxy) is 1. The van der Waals surface area contributed by atoms with Gasteiger partial charge in [-0.05, 0) is 42.3 Å². The lowest BCUT2D eigenvalue weighted by atomic mass is 10.1. The van der Waals surface area contributed by atoms with Crippen LogP contribution in [-0.2, 0) is 16.0 Å². The van der Waals surface area contributed by atoms with E-state index in [1.807, 2.05) is 53.2 Å². The van der Waals surface area contributed by atoms with Gasteiger partial charge in [-0.15, -0.1) is 0 Å². The molecule has 0 unspecified atom stereocenters. The molecule has 2 aromatic heterocycles. The molecule has 1 saturated heterocycles. The quantitative estimate of drug-likeness (QED) is 0.741. The number of carbonyl (C=O) groups is 2. The Hall–Kier alpha value is -3.15. The zero-order chi connectivity index (χ0) is 16.5. The second-order valence-electron chi connectivity index (χ2n) is 5.62. The van der Waals surface area contributed by atoms with E-state index in [1.54, 1.807) is 6.20 Å². The van der Waals surface area contributed by atoms with Crippen LogP contribution in [0.2, 0.25) is 0 Å². The van der Waals surface area contributed by atoms with Gasteiger partial charge < -0.3 is 9.30 Å². The van der Waals surface area contributed by atoms with Crippen LogP contribution in [0.25, 0.3) is 16.7 Å². The van der Waals surface area contributed by atoms with Gasteiger partial charge in [-0.25, -0.2) is 14.7 Å². The molecule has 1 aliphatic heterocycles. The number of imide groups is 1. The molecule has 4 rings (SSSR count). The number of fused-ring (bicyclic) bond motifs is 1. The highest BCUT2D eigenvalue weighted by atomic mass is 16.6. The van der Waals surface area contributed by atoms with Gasteiger partial charge in [-0.1, -0.05) is 12.1 Å². The summed E-state index contributed by atoms with van der Waals surface area (Å²) in [6.07, 6.45) is 3.82. The normalized spacial score (nSPS) is 14.4. The van der Waals surface area contributed by atoms with Crippen LogP contribution in [0.1, 0.15) is 5.56 Å². The van der Waals surface area contributed by atoms with Gasteiger partial charge in [0.05, 0.1) is 0 Å². The fourth-order valence-electron chi connectivity index (χ4n) is 2.84. The van der Waals surface area contributed by atoms with E-state index in [0.29, 0.717) is 13.0 Å². The first-order chi connectivity index (χ1) is 11.7. The summed E-state index contributed by atoms with van der Waals surface area (Å²) < 4.78 is 6.73. The Morgan fingerprint density at radius 2 is 1.92 bits per heavy atom. The van der Waals surface area contributed by atoms with Crippen molar-refractivity contribution in [3.8, 4) is 5.69 Å². The molecule has 1 aromatic carbocycles. The highest BCUT2D eigenvalue weighted by molar-refractivity contribution is 5.97. The highest BCUT2D eigenvalue weighted by Gasteiger charge is 2.30. The standard InChI is InChI=1S/C18H15N3O3/c22-16-12-24-18(23)21(16)10-7-13-3-5-15(6-4-13)20-11-8-14-2-1-9-19-17(14)20/h1-6,8-9,11H,7,10,12H2. The molecule has 3 heterocycles. The molecule has 0 N–H and O–H groups in total. The van der Waals surface area contributed by atoms with E-state index < -0.39 is 6.09 Å². The third-order valence-electron chi connectivity index (χ3n) is 4.13. The van der Waals surface area contributed by atoms with Gasteiger partial charge in [-0.3, -0.25) is 4.79 Å². The van der Waals surface area contributed by atoms with Crippen molar-refractivity contribution < 1.29 is 14.3 Å². The Bertz CT molecular complexity index is 899. The molecule has 6 nitrogen and oxygen atoms in total. The predicted octanol–water partition coefficient (Wildman–Crippen LogP) is 2.55. The van der Waals surface area contributed by atoms with Crippen LogP contribution in [0.5, 0.6) is 0 Å². The number of amides is 2. The maximum absolute atomic E-state index is 11.5. The van der Waals surface area contributed by atoms with E-state index in [2.05, 4.69) is 4.98 Å². The molecule has 24 heavy (non-hydrogen) atoms. The van der Waals surface area contributed by atoms with Gasteiger partial charge in [-0.2, -0.15) is 0 Å². The Morgan fingerprint density at radius 3 is 2.67 bits per heavy atom. The lowest BCUT2D eigenvalue weighted by Gasteiger charge is -2.11. The number of hydrogen-bond donors (Lipinski definition) is 0. The van der Waals surface area contributed by atoms with E-state index in [1.165, 1.54) is 0 Å². The first-order valence-corrected chi connectivity index (χ1v) is 7.71. The number of aromatic nitrogens is 2. The van der Waals surface area contributed by atoms with Crippen LogP contribution >= 0.6 is 0 Å². The van der Waals surface area contributed by atoms with Gasteiger partial charge in [0.25, 0.3) is 5.91 Å². The molecule has 120 valence electrons. The Balaban J connectivity index is 1.51. The van der Waals surface area contributed by atoms with Crippen molar-refractivity contribution in [3.05, 3.63) is 60.4 Å². The summed E-state index contributed by atoms with van der Waals surface area (Å²) in [5.74, 6) is -0.276. The Labute approximate surface area is 138 Å². The molecule has 0 atom stereocenters. The van der Waals surface area contributed by atoms with Gasteiger partial charge in [0.1, 0.15) is 5.65 Å². The fraction of sp³-hybridized carbons (Fsp3) is 0.167. The van der Waals surface area contributed by atoms with Crippen molar-refractivity contribution >= 4 is 23.0 Å². The molecule has 6 heteroatoms. The molecule has 3 aromatic rings. The van der Waals surface area contributed by atoms with E-state index in [4.69, 9.17) is 4.74 Å². The smallest absolute Gasteiger partial charge is 0.417 e. The summed E-state index contributed by atoms with van der Waals surface area (Å²) in [6.45, 7) is 0.191. The summed E-state index contributed by atoms with van der Waals surface area (Å²) in [7, 11) is 0. The van der Waals surface area contributed by atoms with E-state index in [9.17, 15) is 9.59 Å². The molecule has 1 aliphatic rings. The largest absolute Gasteiger partial charge is 0.439 e. The Kier molecular flexibility index (Phi) is 3.49. The minimum absolute atomic E-state index is 0.147. The maximum atomic E-state index is 11.5. The van der Waals surface area contributed by atoms with Crippen LogP contribution in [0.3, 0.4) is 0 Å². The van der Waals surface area contributed by atoms with Crippen molar-refractivity contribution in [2.75, 3.05) is 13.2 Å². The molecule has 0 bridgehead atoms. The summed E-state index contributed by atoms with van der Waals surface area (Å²) >= 11 is 0. The van der Waals surface area contributed by atoms with E-state index in [0.717, 1.165) is 27.2 Å². The van der Waals surface area contributed by atoms with Crippen LogP contribution in [0.15, 0.2) is 54.9 Å². The second kappa shape index (κ2) is 5.81. The minimum atomic E-state index is -0.554. The minimum Gasteiger partial charge on any atom is -0.439 e. The molecule has 0 radical (unpaired) electrons. The topological polar surface area (TPSA) is 64.4 Å². The van der Waals surface area contributed by atoms with Crippen molar-refractivity contribution in [2.24, 2.45) is 0 Å². The monoisotopic (exact) mass is 321 g/mol. The maximum Gasteiger partial charge on any atom is 0.417 e. The van der Waals surface area contributed by atoms with Gasteiger partial charge in [0.2, 0.25) is 0 Å². The predicted molar refractivity (Wildman–Crippen MR) is 87.8 cm³/mol. The molecule has 2 amide bonds. The number of cyclic esters (lactones) is 1. The number of nitrogens with zero attached hydrogens (tertiary/aromatic N) is 3. The van der Waals surface area contributed by atoms with Crippen LogP contribution in [-0.4, -0.2) is 39.6 Å². The lowest BCUT2D eigenvalue weighted by Crippen LogP contribution is -2.31. The summed E-state index contributed by atoms with van der Waals surface area (Å²) in [5, 5.41) is 1.09. The fourth-order valence-corrected chi connectivity index (χ4v) is 2.84. The van der Waals surface area contributed by atoms with Crippen molar-refractivity contribution in [3.63, 3.8) is 0 Å². The molecule has 0 aliphatic carbocycles. The zero-order valence-corrected chi connectivity index (χ0v) is 12.9. The van der Waals surface area contributed by atoms with Crippen molar-refractivity contribution in [1.82, 2.24) is 14.5 Å². The van der Waals surface area contributed by atoms with Crippen LogP contribution in [0.4, 0.5) is 4.79 Å². The third-order valence-corrected chi connectivity index (χ3v) is 4.13. The van der Waals surface area contributed by atoms with Crippen LogP contribution in [0, 0.1) is 0 Å². The Morgan fingerprint density at radius 1 is 1.08 bits per heavy atom. The van der Waals surface area contributed by atoms with Crippen LogP contribution < -0.4 is 0 Å². The number of benzene rings is 1. The molecular weight excluding hydrogens is 306 g/mol. The van der Waals surface area contributed by atoms with Gasteiger partial charge in [0.15, 0.2) is 6.61 Å². The highest BCUT2D eigenvalue weighted by Crippen LogP contribution is 2.19. The van der Waals surface area contributed by atoms with E-state index >= 15 is 0 Å². The average molecular weight is 321 g/mol. The van der Waals surface area contributed by atoms with Gasteiger partial charge in [0, 0.05) is 30.0 Å². The number of hydrogen-bond acceptors (Lipinski definition) is 4. The van der Waals surface area contributed by atoms with Gasteiger partial charge >= 0.3 is 6.09 Å². The summed E-state index contributed by atoms with van der Waals surface area (Å²) in [4.78, 5) is 28.5. The number of pyridine rings is 1. The molecule has 0 spiro atoms. The summed E-state index contributed by atoms with van der Waals surface area (Å²) in [6, 6.07) is 14.0. The number of carbonyl (C=O) groups excluding carboxylic acids is 2. The summed E-state index contributed by atoms with van der Waals surface area (Å²) in [5.41, 5.74) is 2.98. The van der Waals surface area contributed by atoms with Crippen molar-refractivity contribution in [1.29, 1.82) is 0 Å². The lowest BCUT2D eigenvalue weighted by molar-refractivity contribution is -0.125. The average Bonchev–Trinajstić information content (AvgIpc) is 3.18. The molecule has 0 saturated carbocycles. The third kappa shape index (κ3) is 2.52. The van der Waals surface area contributed by atoms with Crippen molar-refractivity contribution in [2.45, 2.75) is 6.42 Å². The first kappa shape index (κ1) is 14.4. The van der Waals surface area contributed by atoms with E-state index in [-0.39, 0.29) is 12.5 Å². The second-order valence-corrected chi connectivity index (χ2v) is 5.62. The number of rotatable bonds is 4. The zero-order valence-electron chi connectivity index (χ0n) is 12.9.